The molecule has 1 amide bonds. The van der Waals surface area contributed by atoms with Crippen LogP contribution in [0.25, 0.3) is 0 Å². The number of nitrogens with zero attached hydrogens (tertiary/aromatic N) is 3. The molecule has 0 aromatic carbocycles. The number of aromatic nitrogens is 4. The van der Waals surface area contributed by atoms with Crippen molar-refractivity contribution < 1.29 is 4.79 Å². The largest absolute Gasteiger partial charge is 0.354 e. The Morgan fingerprint density at radius 1 is 1.55 bits per heavy atom. The van der Waals surface area contributed by atoms with Gasteiger partial charge in [0.1, 0.15) is 12.9 Å². The molecule has 108 valence electrons. The minimum Gasteiger partial charge on any atom is -0.354 e. The summed E-state index contributed by atoms with van der Waals surface area (Å²) in [5.74, 6) is -0.187. The maximum absolute atomic E-state index is 11.8. The van der Waals surface area contributed by atoms with Gasteiger partial charge < -0.3 is 9.88 Å². The Morgan fingerprint density at radius 3 is 2.95 bits per heavy atom. The van der Waals surface area contributed by atoms with Crippen LogP contribution in [0.2, 0.25) is 0 Å². The van der Waals surface area contributed by atoms with E-state index in [9.17, 15) is 9.59 Å². The van der Waals surface area contributed by atoms with E-state index in [1.807, 2.05) is 26.2 Å². The van der Waals surface area contributed by atoms with Gasteiger partial charge in [0.15, 0.2) is 0 Å². The number of hydrogen-bond acceptors (Lipinski definition) is 3. The fourth-order valence-electron chi connectivity index (χ4n) is 2.05. The number of carbonyl (C=O) groups excluding carboxylic acids is 1. The van der Waals surface area contributed by atoms with Gasteiger partial charge >= 0.3 is 5.69 Å². The van der Waals surface area contributed by atoms with Crippen molar-refractivity contribution in [3.63, 3.8) is 0 Å². The second kappa shape index (κ2) is 6.23. The van der Waals surface area contributed by atoms with E-state index in [1.165, 1.54) is 16.6 Å². The molecule has 2 aromatic rings. The van der Waals surface area contributed by atoms with Crippen molar-refractivity contribution in [2.75, 3.05) is 0 Å². The molecule has 0 bridgehead atoms. The van der Waals surface area contributed by atoms with Crippen LogP contribution in [0.3, 0.4) is 0 Å². The average molecular weight is 277 g/mol. The summed E-state index contributed by atoms with van der Waals surface area (Å²) in [6, 6.07) is 4.13. The first-order valence-electron chi connectivity index (χ1n) is 6.55. The molecule has 0 aliphatic carbocycles. The zero-order chi connectivity index (χ0) is 14.5. The van der Waals surface area contributed by atoms with Crippen LogP contribution < -0.4 is 11.0 Å². The Hall–Kier alpha value is -2.31. The lowest BCUT2D eigenvalue weighted by atomic mass is 10.1. The van der Waals surface area contributed by atoms with Crippen LogP contribution in [-0.2, 0) is 24.8 Å². The standard InChI is InChI=1S/C13H19N5O2/c1-10(5-6-11-4-3-7-17(11)2)15-12(19)8-18-9-14-16-13(18)20/h3-4,7,9-10H,5-6,8H2,1-2H3,(H,15,19)(H,16,20). The molecule has 20 heavy (non-hydrogen) atoms. The van der Waals surface area contributed by atoms with Gasteiger partial charge in [-0.15, -0.1) is 0 Å². The van der Waals surface area contributed by atoms with Crippen molar-refractivity contribution >= 4 is 5.91 Å². The van der Waals surface area contributed by atoms with E-state index in [-0.39, 0.29) is 24.2 Å². The molecule has 1 atom stereocenters. The number of amides is 1. The van der Waals surface area contributed by atoms with Gasteiger partial charge in [0.25, 0.3) is 0 Å². The molecule has 0 saturated carbocycles. The number of aryl methyl sites for hydroxylation is 2. The van der Waals surface area contributed by atoms with E-state index in [1.54, 1.807) is 0 Å². The Morgan fingerprint density at radius 2 is 2.35 bits per heavy atom. The first kappa shape index (κ1) is 14.1. The molecule has 1 unspecified atom stereocenters. The summed E-state index contributed by atoms with van der Waals surface area (Å²) in [6.07, 6.45) is 5.07. The Labute approximate surface area is 116 Å². The number of H-pyrrole nitrogens is 1. The Kier molecular flexibility index (Phi) is 4.39. The number of hydrogen-bond donors (Lipinski definition) is 2. The highest BCUT2D eigenvalue weighted by molar-refractivity contribution is 5.75. The van der Waals surface area contributed by atoms with Gasteiger partial charge in [-0.2, -0.15) is 5.10 Å². The highest BCUT2D eigenvalue weighted by Crippen LogP contribution is 2.05. The number of rotatable bonds is 6. The highest BCUT2D eigenvalue weighted by atomic mass is 16.2. The molecular formula is C13H19N5O2. The summed E-state index contributed by atoms with van der Waals surface area (Å²) in [6.45, 7) is 1.95. The molecule has 0 aliphatic rings. The number of nitrogens with one attached hydrogen (secondary N) is 2. The van der Waals surface area contributed by atoms with E-state index in [4.69, 9.17) is 0 Å². The number of aromatic amines is 1. The molecule has 0 radical (unpaired) electrons. The van der Waals surface area contributed by atoms with Crippen molar-refractivity contribution in [2.24, 2.45) is 7.05 Å². The first-order chi connectivity index (χ1) is 9.56. The molecule has 0 saturated heterocycles. The van der Waals surface area contributed by atoms with Crippen molar-refractivity contribution in [1.82, 2.24) is 24.6 Å². The smallest absolute Gasteiger partial charge is 0.343 e. The van der Waals surface area contributed by atoms with Gasteiger partial charge in [0.2, 0.25) is 5.91 Å². The van der Waals surface area contributed by atoms with Crippen LogP contribution in [0.1, 0.15) is 19.0 Å². The van der Waals surface area contributed by atoms with Crippen molar-refractivity contribution in [3.8, 4) is 0 Å². The quantitative estimate of drug-likeness (QED) is 0.782. The maximum Gasteiger partial charge on any atom is 0.343 e. The SMILES string of the molecule is CC(CCc1cccn1C)NC(=O)Cn1cn[nH]c1=O. The van der Waals surface area contributed by atoms with Gasteiger partial charge in [0, 0.05) is 25.0 Å². The van der Waals surface area contributed by atoms with Gasteiger partial charge in [-0.25, -0.2) is 9.89 Å². The molecule has 0 spiro atoms. The van der Waals surface area contributed by atoms with E-state index in [0.29, 0.717) is 0 Å². The minimum absolute atomic E-state index is 0.0101. The van der Waals surface area contributed by atoms with E-state index >= 15 is 0 Å². The second-order valence-electron chi connectivity index (χ2n) is 4.91. The van der Waals surface area contributed by atoms with Crippen LogP contribution in [0.15, 0.2) is 29.5 Å². The maximum atomic E-state index is 11.8. The molecule has 2 heterocycles. The summed E-state index contributed by atoms with van der Waals surface area (Å²) < 4.78 is 3.30. The third kappa shape index (κ3) is 3.59. The minimum atomic E-state index is -0.378. The average Bonchev–Trinajstić information content (AvgIpc) is 2.97. The molecule has 2 N–H and O–H groups in total. The zero-order valence-electron chi connectivity index (χ0n) is 11.7. The van der Waals surface area contributed by atoms with Gasteiger partial charge in [0.05, 0.1) is 0 Å². The van der Waals surface area contributed by atoms with Crippen LogP contribution >= 0.6 is 0 Å². The molecule has 7 heteroatoms. The van der Waals surface area contributed by atoms with E-state index < -0.39 is 0 Å². The van der Waals surface area contributed by atoms with Crippen LogP contribution in [0.5, 0.6) is 0 Å². The van der Waals surface area contributed by atoms with Crippen LogP contribution in [0.4, 0.5) is 0 Å². The molecule has 2 aromatic heterocycles. The van der Waals surface area contributed by atoms with Crippen LogP contribution in [-0.4, -0.2) is 31.3 Å². The summed E-state index contributed by atoms with van der Waals surface area (Å²) in [4.78, 5) is 23.0. The number of carbonyl (C=O) groups is 1. The molecule has 0 aliphatic heterocycles. The lowest BCUT2D eigenvalue weighted by molar-refractivity contribution is -0.122. The summed E-state index contributed by atoms with van der Waals surface area (Å²) in [5, 5.41) is 8.71. The molecule has 0 fully saturated rings. The molecular weight excluding hydrogens is 258 g/mol. The fraction of sp³-hybridized carbons (Fsp3) is 0.462. The topological polar surface area (TPSA) is 84.7 Å². The summed E-state index contributed by atoms with van der Waals surface area (Å²) >= 11 is 0. The normalized spacial score (nSPS) is 12.3. The second-order valence-corrected chi connectivity index (χ2v) is 4.91. The Balaban J connectivity index is 1.78. The first-order valence-corrected chi connectivity index (χ1v) is 6.55. The highest BCUT2D eigenvalue weighted by Gasteiger charge is 2.10. The van der Waals surface area contributed by atoms with Crippen molar-refractivity contribution in [2.45, 2.75) is 32.4 Å². The van der Waals surface area contributed by atoms with E-state index in [0.717, 1.165) is 12.8 Å². The Bertz CT molecular complexity index is 624. The zero-order valence-corrected chi connectivity index (χ0v) is 11.7. The summed E-state index contributed by atoms with van der Waals surface area (Å²) in [7, 11) is 2.00. The third-order valence-corrected chi connectivity index (χ3v) is 3.22. The summed E-state index contributed by atoms with van der Waals surface area (Å²) in [5.41, 5.74) is 0.855. The monoisotopic (exact) mass is 277 g/mol. The predicted octanol–water partition coefficient (Wildman–Crippen LogP) is 0.0474. The van der Waals surface area contributed by atoms with Crippen LogP contribution in [0, 0.1) is 0 Å². The molecule has 2 rings (SSSR count). The predicted molar refractivity (Wildman–Crippen MR) is 74.2 cm³/mol. The van der Waals surface area contributed by atoms with Crippen molar-refractivity contribution in [3.05, 3.63) is 40.8 Å². The van der Waals surface area contributed by atoms with Gasteiger partial charge in [-0.05, 0) is 31.9 Å². The van der Waals surface area contributed by atoms with E-state index in [2.05, 4.69) is 26.1 Å². The molecule has 7 nitrogen and oxygen atoms in total. The lowest BCUT2D eigenvalue weighted by Crippen LogP contribution is -2.37. The third-order valence-electron chi connectivity index (χ3n) is 3.22. The van der Waals surface area contributed by atoms with Gasteiger partial charge in [-0.3, -0.25) is 9.36 Å². The lowest BCUT2D eigenvalue weighted by Gasteiger charge is -2.14. The van der Waals surface area contributed by atoms with Crippen molar-refractivity contribution in [1.29, 1.82) is 0 Å². The van der Waals surface area contributed by atoms with Gasteiger partial charge in [-0.1, -0.05) is 0 Å². The fourth-order valence-corrected chi connectivity index (χ4v) is 2.05.